The number of aryl methyl sites for hydroxylation is 2. The number of hydrogen-bond acceptors (Lipinski definition) is 5. The van der Waals surface area contributed by atoms with Crippen LogP contribution in [0.15, 0.2) is 267 Å². The number of aromatic nitrogens is 8. The minimum atomic E-state index is 0.623. The minimum absolute atomic E-state index is 0.623. The van der Waals surface area contributed by atoms with E-state index in [2.05, 4.69) is 273 Å². The van der Waals surface area contributed by atoms with Crippen LogP contribution < -0.4 is 0 Å². The van der Waals surface area contributed by atoms with Crippen molar-refractivity contribution in [2.24, 2.45) is 0 Å². The van der Waals surface area contributed by atoms with Gasteiger partial charge in [-0.3, -0.25) is 0 Å². The van der Waals surface area contributed by atoms with Crippen LogP contribution in [0.2, 0.25) is 0 Å². The van der Waals surface area contributed by atoms with Crippen molar-refractivity contribution in [2.45, 2.75) is 13.8 Å². The Morgan fingerprint density at radius 1 is 0.241 bits per heavy atom. The Bertz CT molecular complexity index is 4850. The number of hydrogen-bond donors (Lipinski definition) is 0. The molecule has 83 heavy (non-hydrogen) atoms. The van der Waals surface area contributed by atoms with Crippen LogP contribution in [0.4, 0.5) is 0 Å². The van der Waals surface area contributed by atoms with Crippen molar-refractivity contribution in [1.29, 1.82) is 0 Å². The van der Waals surface area contributed by atoms with Crippen LogP contribution in [0.25, 0.3) is 150 Å². The molecule has 0 aliphatic heterocycles. The molecule has 8 nitrogen and oxygen atoms in total. The SMILES string of the molecule is Cc1nc(C)nc(-c2ccc3c(c2)c2ccccc2n3-c2c(-c3ccc(-n4c5ccccc5c5ccccc54)cc3)cc(-c3nc(-c4ccccc4)cc(-c4ccccc4)n3)cc2-c2ccc(-n3c4ccccc4c4ccccc43)cc2)n1. The fourth-order valence-corrected chi connectivity index (χ4v) is 12.6. The molecule has 11 aromatic carbocycles. The van der Waals surface area contributed by atoms with E-state index in [4.69, 9.17) is 19.9 Å². The van der Waals surface area contributed by atoms with Gasteiger partial charge in [0, 0.05) is 77.1 Å². The van der Waals surface area contributed by atoms with Crippen molar-refractivity contribution in [3.8, 4) is 84.6 Å². The lowest BCUT2D eigenvalue weighted by Crippen LogP contribution is -2.04. The molecule has 8 heteroatoms. The van der Waals surface area contributed by atoms with Gasteiger partial charge in [0.05, 0.1) is 50.2 Å². The molecule has 0 bridgehead atoms. The van der Waals surface area contributed by atoms with Crippen LogP contribution in [-0.4, -0.2) is 38.6 Å². The number of benzene rings is 11. The van der Waals surface area contributed by atoms with Crippen molar-refractivity contribution in [3.63, 3.8) is 0 Å². The third-order valence-electron chi connectivity index (χ3n) is 16.3. The van der Waals surface area contributed by atoms with Gasteiger partial charge in [0.15, 0.2) is 11.6 Å². The summed E-state index contributed by atoms with van der Waals surface area (Å²) in [5.74, 6) is 2.65. The van der Waals surface area contributed by atoms with Crippen molar-refractivity contribution >= 4 is 65.4 Å². The van der Waals surface area contributed by atoms with E-state index in [1.807, 2.05) is 26.0 Å². The molecular weight excluding hydrogens is 1010 g/mol. The summed E-state index contributed by atoms with van der Waals surface area (Å²) in [6.07, 6.45) is 0. The van der Waals surface area contributed by atoms with Gasteiger partial charge in [0.2, 0.25) is 0 Å². The molecular formula is C75H50N8. The Labute approximate surface area is 478 Å². The maximum atomic E-state index is 5.48. The number of rotatable bonds is 9. The minimum Gasteiger partial charge on any atom is -0.309 e. The molecule has 0 aliphatic rings. The second-order valence-corrected chi connectivity index (χ2v) is 21.3. The summed E-state index contributed by atoms with van der Waals surface area (Å²) in [5, 5.41) is 7.09. The highest BCUT2D eigenvalue weighted by Gasteiger charge is 2.25. The fourth-order valence-electron chi connectivity index (χ4n) is 12.6. The maximum absolute atomic E-state index is 5.48. The van der Waals surface area contributed by atoms with Gasteiger partial charge in [-0.25, -0.2) is 24.9 Å². The van der Waals surface area contributed by atoms with Crippen LogP contribution >= 0.6 is 0 Å². The highest BCUT2D eigenvalue weighted by atomic mass is 15.0. The maximum Gasteiger partial charge on any atom is 0.163 e. The molecule has 5 aromatic heterocycles. The zero-order valence-corrected chi connectivity index (χ0v) is 45.5. The third kappa shape index (κ3) is 8.02. The average molecular weight is 1060 g/mol. The number of nitrogens with zero attached hydrogens (tertiary/aromatic N) is 8. The molecule has 5 heterocycles. The predicted molar refractivity (Wildman–Crippen MR) is 341 cm³/mol. The first-order valence-electron chi connectivity index (χ1n) is 28.1. The van der Waals surface area contributed by atoms with E-state index < -0.39 is 0 Å². The summed E-state index contributed by atoms with van der Waals surface area (Å²) in [6, 6.07) is 95.8. The standard InChI is InChI=1S/C75H50N8/c1-47-76-48(2)78-74(77-47)53-37-42-72-64(43-53)61-27-13-18-32-71(61)83(72)73-62(49-33-38-55(39-34-49)81-67-28-14-9-23-57(67)58-24-10-15-29-68(58)81)44-54(75-79-65(51-19-5-3-6-20-51)46-66(80-75)52-21-7-4-8-22-52)45-63(73)50-35-40-56(41-36-50)82-69-30-16-11-25-59(69)60-26-12-17-31-70(60)82/h3-46H,1-2H3. The fraction of sp³-hybridized carbons (Fsp3) is 0.0267. The van der Waals surface area contributed by atoms with E-state index in [0.717, 1.165) is 117 Å². The topological polar surface area (TPSA) is 79.2 Å². The normalized spacial score (nSPS) is 11.7. The summed E-state index contributed by atoms with van der Waals surface area (Å²) in [4.78, 5) is 25.1. The molecule has 0 fully saturated rings. The van der Waals surface area contributed by atoms with Crippen LogP contribution in [0.3, 0.4) is 0 Å². The molecule has 0 saturated carbocycles. The molecule has 0 spiro atoms. The quantitative estimate of drug-likeness (QED) is 0.144. The molecule has 0 atom stereocenters. The van der Waals surface area contributed by atoms with E-state index in [9.17, 15) is 0 Å². The van der Waals surface area contributed by atoms with Gasteiger partial charge in [0.25, 0.3) is 0 Å². The van der Waals surface area contributed by atoms with Gasteiger partial charge in [0.1, 0.15) is 11.6 Å². The van der Waals surface area contributed by atoms with E-state index in [1.54, 1.807) is 0 Å². The molecule has 390 valence electrons. The molecule has 0 N–H and O–H groups in total. The van der Waals surface area contributed by atoms with Gasteiger partial charge >= 0.3 is 0 Å². The molecule has 0 radical (unpaired) electrons. The zero-order valence-electron chi connectivity index (χ0n) is 45.5. The summed E-state index contributed by atoms with van der Waals surface area (Å²) in [7, 11) is 0. The van der Waals surface area contributed by atoms with Gasteiger partial charge in [-0.2, -0.15) is 0 Å². The Hall–Kier alpha value is -11.1. The summed E-state index contributed by atoms with van der Waals surface area (Å²) in [5.41, 5.74) is 19.6. The zero-order chi connectivity index (χ0) is 55.1. The van der Waals surface area contributed by atoms with Gasteiger partial charge in [-0.1, -0.05) is 176 Å². The van der Waals surface area contributed by atoms with E-state index in [0.29, 0.717) is 23.3 Å². The second kappa shape index (κ2) is 19.3. The largest absolute Gasteiger partial charge is 0.309 e. The molecule has 16 rings (SSSR count). The Morgan fingerprint density at radius 3 is 1.02 bits per heavy atom. The van der Waals surface area contributed by atoms with Gasteiger partial charge < -0.3 is 13.7 Å². The van der Waals surface area contributed by atoms with Crippen molar-refractivity contribution in [3.05, 3.63) is 279 Å². The molecule has 0 saturated heterocycles. The monoisotopic (exact) mass is 1060 g/mol. The van der Waals surface area contributed by atoms with Crippen LogP contribution in [-0.2, 0) is 0 Å². The van der Waals surface area contributed by atoms with Crippen LogP contribution in [0.1, 0.15) is 11.6 Å². The summed E-state index contributed by atoms with van der Waals surface area (Å²) >= 11 is 0. The lowest BCUT2D eigenvalue weighted by molar-refractivity contribution is 0.929. The molecule has 0 amide bonds. The van der Waals surface area contributed by atoms with Crippen LogP contribution in [0.5, 0.6) is 0 Å². The van der Waals surface area contributed by atoms with E-state index in [-0.39, 0.29) is 0 Å². The molecule has 16 aromatic rings. The van der Waals surface area contributed by atoms with E-state index >= 15 is 0 Å². The highest BCUT2D eigenvalue weighted by Crippen LogP contribution is 2.46. The van der Waals surface area contributed by atoms with Crippen molar-refractivity contribution in [1.82, 2.24) is 38.6 Å². The number of para-hydroxylation sites is 5. The number of fused-ring (bicyclic) bond motifs is 9. The van der Waals surface area contributed by atoms with Gasteiger partial charge in [-0.15, -0.1) is 0 Å². The Balaban J connectivity index is 0.994. The molecule has 0 unspecified atom stereocenters. The average Bonchev–Trinajstić information content (AvgIpc) is 3.29. The predicted octanol–water partition coefficient (Wildman–Crippen LogP) is 18.6. The highest BCUT2D eigenvalue weighted by molar-refractivity contribution is 6.13. The Morgan fingerprint density at radius 2 is 0.590 bits per heavy atom. The third-order valence-corrected chi connectivity index (χ3v) is 16.3. The first-order chi connectivity index (χ1) is 41.0. The van der Waals surface area contributed by atoms with E-state index in [1.165, 1.54) is 21.5 Å². The van der Waals surface area contributed by atoms with Crippen LogP contribution in [0, 0.1) is 13.8 Å². The van der Waals surface area contributed by atoms with Crippen molar-refractivity contribution < 1.29 is 0 Å². The first-order valence-corrected chi connectivity index (χ1v) is 28.1. The smallest absolute Gasteiger partial charge is 0.163 e. The van der Waals surface area contributed by atoms with Gasteiger partial charge in [-0.05, 0) is 116 Å². The lowest BCUT2D eigenvalue weighted by Gasteiger charge is -2.22. The second-order valence-electron chi connectivity index (χ2n) is 21.3. The lowest BCUT2D eigenvalue weighted by atomic mass is 9.92. The van der Waals surface area contributed by atoms with Crippen molar-refractivity contribution in [2.75, 3.05) is 0 Å². The first kappa shape index (κ1) is 47.9. The summed E-state index contributed by atoms with van der Waals surface area (Å²) in [6.45, 7) is 3.84. The Kier molecular flexibility index (Phi) is 11.1. The molecule has 0 aliphatic carbocycles. The summed E-state index contributed by atoms with van der Waals surface area (Å²) < 4.78 is 7.22.